The van der Waals surface area contributed by atoms with Gasteiger partial charge in [0.2, 0.25) is 0 Å². The lowest BCUT2D eigenvalue weighted by atomic mass is 10.1. The molecule has 0 spiro atoms. The van der Waals surface area contributed by atoms with E-state index in [4.69, 9.17) is 4.42 Å². The summed E-state index contributed by atoms with van der Waals surface area (Å²) in [5.41, 5.74) is 0.387. The molecule has 0 atom stereocenters. The smallest absolute Gasteiger partial charge is 0.349 e. The summed E-state index contributed by atoms with van der Waals surface area (Å²) in [6.07, 6.45) is 0. The fraction of sp³-hybridized carbons (Fsp3) is 0. The van der Waals surface area contributed by atoms with Crippen LogP contribution in [0.5, 0.6) is 0 Å². The maximum absolute atomic E-state index is 12.2. The van der Waals surface area contributed by atoms with Crippen LogP contribution in [0.1, 0.15) is 10.4 Å². The van der Waals surface area contributed by atoms with Gasteiger partial charge in [-0.3, -0.25) is 4.79 Å². The fourth-order valence-electron chi connectivity index (χ4n) is 1.98. The van der Waals surface area contributed by atoms with Crippen LogP contribution in [0.15, 0.2) is 68.3 Å². The van der Waals surface area contributed by atoms with Gasteiger partial charge in [0.25, 0.3) is 5.91 Å². The molecular formula is C16H10BrNO3. The summed E-state index contributed by atoms with van der Waals surface area (Å²) < 4.78 is 5.99. The summed E-state index contributed by atoms with van der Waals surface area (Å²) >= 11 is 3.32. The van der Waals surface area contributed by atoms with E-state index in [2.05, 4.69) is 21.2 Å². The molecule has 0 aliphatic rings. The van der Waals surface area contributed by atoms with Gasteiger partial charge in [0, 0.05) is 15.5 Å². The molecule has 0 saturated heterocycles. The number of hydrogen-bond donors (Lipinski definition) is 1. The van der Waals surface area contributed by atoms with Gasteiger partial charge in [0.15, 0.2) is 0 Å². The van der Waals surface area contributed by atoms with Crippen LogP contribution in [0.25, 0.3) is 11.0 Å². The van der Waals surface area contributed by atoms with Crippen molar-refractivity contribution in [3.05, 3.63) is 75.1 Å². The molecule has 3 rings (SSSR count). The highest BCUT2D eigenvalue weighted by Crippen LogP contribution is 2.17. The van der Waals surface area contributed by atoms with Gasteiger partial charge in [-0.1, -0.05) is 40.2 Å². The Morgan fingerprint density at radius 2 is 1.86 bits per heavy atom. The topological polar surface area (TPSA) is 59.3 Å². The zero-order valence-electron chi connectivity index (χ0n) is 10.8. The summed E-state index contributed by atoms with van der Waals surface area (Å²) in [5.74, 6) is -0.493. The number of halogens is 1. The van der Waals surface area contributed by atoms with E-state index >= 15 is 0 Å². The molecule has 3 aromatic rings. The van der Waals surface area contributed by atoms with Crippen molar-refractivity contribution in [2.45, 2.75) is 0 Å². The quantitative estimate of drug-likeness (QED) is 0.719. The largest absolute Gasteiger partial charge is 0.422 e. The Morgan fingerprint density at radius 3 is 2.67 bits per heavy atom. The Labute approximate surface area is 128 Å². The second-order valence-corrected chi connectivity index (χ2v) is 5.37. The first kappa shape index (κ1) is 13.6. The predicted molar refractivity (Wildman–Crippen MR) is 84.6 cm³/mol. The van der Waals surface area contributed by atoms with Crippen molar-refractivity contribution >= 4 is 38.5 Å². The molecule has 104 valence electrons. The van der Waals surface area contributed by atoms with Gasteiger partial charge in [0.05, 0.1) is 0 Å². The highest BCUT2D eigenvalue weighted by atomic mass is 79.9. The highest BCUT2D eigenvalue weighted by Gasteiger charge is 2.13. The van der Waals surface area contributed by atoms with Gasteiger partial charge < -0.3 is 9.73 Å². The lowest BCUT2D eigenvalue weighted by Gasteiger charge is -2.05. The molecule has 0 aliphatic carbocycles. The van der Waals surface area contributed by atoms with Crippen molar-refractivity contribution in [1.82, 2.24) is 0 Å². The van der Waals surface area contributed by atoms with E-state index in [1.807, 2.05) is 12.1 Å². The molecular weight excluding hydrogens is 334 g/mol. The first-order chi connectivity index (χ1) is 10.1. The Kier molecular flexibility index (Phi) is 3.58. The number of benzene rings is 2. The minimum Gasteiger partial charge on any atom is -0.422 e. The van der Waals surface area contributed by atoms with Crippen molar-refractivity contribution in [3.8, 4) is 0 Å². The molecule has 1 N–H and O–H groups in total. The third-order valence-electron chi connectivity index (χ3n) is 2.97. The second kappa shape index (κ2) is 5.54. The van der Waals surface area contributed by atoms with Gasteiger partial charge in [-0.15, -0.1) is 0 Å². The Hall–Kier alpha value is -2.40. The molecule has 0 fully saturated rings. The Morgan fingerprint density at radius 1 is 1.05 bits per heavy atom. The molecule has 21 heavy (non-hydrogen) atoms. The molecule has 1 heterocycles. The summed E-state index contributed by atoms with van der Waals surface area (Å²) in [4.78, 5) is 24.1. The zero-order chi connectivity index (χ0) is 14.8. The van der Waals surface area contributed by atoms with Crippen LogP contribution in [0.4, 0.5) is 5.69 Å². The summed E-state index contributed by atoms with van der Waals surface area (Å²) in [6, 6.07) is 15.7. The van der Waals surface area contributed by atoms with Crippen LogP contribution in [0.2, 0.25) is 0 Å². The second-order valence-electron chi connectivity index (χ2n) is 4.45. The van der Waals surface area contributed by atoms with Crippen LogP contribution in [0, 0.1) is 0 Å². The molecule has 1 amide bonds. The monoisotopic (exact) mass is 343 g/mol. The fourth-order valence-corrected chi connectivity index (χ4v) is 2.38. The molecule has 4 nitrogen and oxygen atoms in total. The van der Waals surface area contributed by atoms with Gasteiger partial charge in [-0.05, 0) is 30.3 Å². The lowest BCUT2D eigenvalue weighted by Crippen LogP contribution is -2.20. The average Bonchev–Trinajstić information content (AvgIpc) is 2.46. The SMILES string of the molecule is O=C(Nc1cccc(Br)c1)c1cc2ccccc2oc1=O. The van der Waals surface area contributed by atoms with E-state index in [1.54, 1.807) is 36.4 Å². The standard InChI is InChI=1S/C16H10BrNO3/c17-11-5-3-6-12(9-11)18-15(19)13-8-10-4-1-2-7-14(10)21-16(13)20/h1-9H,(H,18,19). The van der Waals surface area contributed by atoms with Crippen LogP contribution < -0.4 is 10.9 Å². The van der Waals surface area contributed by atoms with E-state index in [9.17, 15) is 9.59 Å². The number of nitrogens with one attached hydrogen (secondary N) is 1. The summed E-state index contributed by atoms with van der Waals surface area (Å²) in [5, 5.41) is 3.38. The maximum Gasteiger partial charge on any atom is 0.349 e. The number of rotatable bonds is 2. The van der Waals surface area contributed by atoms with Crippen LogP contribution in [-0.4, -0.2) is 5.91 Å². The van der Waals surface area contributed by atoms with E-state index in [-0.39, 0.29) is 5.56 Å². The number of anilines is 1. The first-order valence-electron chi connectivity index (χ1n) is 6.23. The number of carbonyl (C=O) groups excluding carboxylic acids is 1. The van der Waals surface area contributed by atoms with Crippen LogP contribution >= 0.6 is 15.9 Å². The maximum atomic E-state index is 12.2. The van der Waals surface area contributed by atoms with E-state index in [0.717, 1.165) is 4.47 Å². The summed E-state index contributed by atoms with van der Waals surface area (Å²) in [7, 11) is 0. The van der Waals surface area contributed by atoms with Crippen molar-refractivity contribution in [1.29, 1.82) is 0 Å². The molecule has 0 bridgehead atoms. The van der Waals surface area contributed by atoms with E-state index < -0.39 is 11.5 Å². The van der Waals surface area contributed by atoms with Crippen molar-refractivity contribution < 1.29 is 9.21 Å². The Bertz CT molecular complexity index is 886. The van der Waals surface area contributed by atoms with E-state index in [0.29, 0.717) is 16.7 Å². The number of para-hydroxylation sites is 1. The van der Waals surface area contributed by atoms with Crippen molar-refractivity contribution in [3.63, 3.8) is 0 Å². The van der Waals surface area contributed by atoms with Gasteiger partial charge >= 0.3 is 5.63 Å². The molecule has 5 heteroatoms. The molecule has 0 aliphatic heterocycles. The van der Waals surface area contributed by atoms with Crippen molar-refractivity contribution in [2.75, 3.05) is 5.32 Å². The molecule has 0 unspecified atom stereocenters. The normalized spacial score (nSPS) is 10.5. The van der Waals surface area contributed by atoms with Crippen molar-refractivity contribution in [2.24, 2.45) is 0 Å². The van der Waals surface area contributed by atoms with Gasteiger partial charge in [0.1, 0.15) is 11.1 Å². The van der Waals surface area contributed by atoms with Crippen LogP contribution in [0.3, 0.4) is 0 Å². The highest BCUT2D eigenvalue weighted by molar-refractivity contribution is 9.10. The molecule has 2 aromatic carbocycles. The molecule has 1 aromatic heterocycles. The molecule has 0 radical (unpaired) electrons. The van der Waals surface area contributed by atoms with Gasteiger partial charge in [-0.25, -0.2) is 4.79 Å². The summed E-state index contributed by atoms with van der Waals surface area (Å²) in [6.45, 7) is 0. The predicted octanol–water partition coefficient (Wildman–Crippen LogP) is 3.81. The molecule has 0 saturated carbocycles. The minimum atomic E-state index is -0.652. The average molecular weight is 344 g/mol. The van der Waals surface area contributed by atoms with E-state index in [1.165, 1.54) is 6.07 Å². The van der Waals surface area contributed by atoms with Gasteiger partial charge in [-0.2, -0.15) is 0 Å². The zero-order valence-corrected chi connectivity index (χ0v) is 12.4. The number of fused-ring (bicyclic) bond motifs is 1. The first-order valence-corrected chi connectivity index (χ1v) is 7.02. The Balaban J connectivity index is 1.98. The minimum absolute atomic E-state index is 0.0197. The third-order valence-corrected chi connectivity index (χ3v) is 3.46. The third kappa shape index (κ3) is 2.87. The number of carbonyl (C=O) groups is 1. The van der Waals surface area contributed by atoms with Crippen LogP contribution in [-0.2, 0) is 0 Å². The number of amides is 1. The lowest BCUT2D eigenvalue weighted by molar-refractivity contribution is 0.102. The number of hydrogen-bond acceptors (Lipinski definition) is 3.